The van der Waals surface area contributed by atoms with Crippen LogP contribution in [0.3, 0.4) is 0 Å². The Morgan fingerprint density at radius 2 is 1.95 bits per heavy atom. The van der Waals surface area contributed by atoms with Crippen LogP contribution in [-0.2, 0) is 4.79 Å². The maximum absolute atomic E-state index is 11.9. The van der Waals surface area contributed by atoms with Crippen LogP contribution in [0.5, 0.6) is 0 Å². The quantitative estimate of drug-likeness (QED) is 0.698. The lowest BCUT2D eigenvalue weighted by molar-refractivity contribution is -0.130. The van der Waals surface area contributed by atoms with Gasteiger partial charge in [-0.05, 0) is 58.2 Å². The number of hydrogen-bond donors (Lipinski definition) is 0. The molecule has 20 heavy (non-hydrogen) atoms. The van der Waals surface area contributed by atoms with Crippen molar-refractivity contribution in [3.63, 3.8) is 0 Å². The molecule has 0 spiro atoms. The molecule has 0 aromatic rings. The van der Waals surface area contributed by atoms with E-state index in [4.69, 9.17) is 0 Å². The van der Waals surface area contributed by atoms with Crippen molar-refractivity contribution in [2.75, 3.05) is 33.7 Å². The summed E-state index contributed by atoms with van der Waals surface area (Å²) in [6, 6.07) is 0. The Labute approximate surface area is 125 Å². The summed E-state index contributed by atoms with van der Waals surface area (Å²) >= 11 is 0. The van der Waals surface area contributed by atoms with Gasteiger partial charge < -0.3 is 9.80 Å². The minimum absolute atomic E-state index is 0.217. The smallest absolute Gasteiger partial charge is 0.219 e. The Morgan fingerprint density at radius 3 is 2.45 bits per heavy atom. The Hall–Kier alpha value is -0.830. The highest BCUT2D eigenvalue weighted by Crippen LogP contribution is 2.34. The third kappa shape index (κ3) is 5.28. The van der Waals surface area contributed by atoms with Gasteiger partial charge in [0, 0.05) is 20.0 Å². The SMILES string of the molecule is CC(=O)N(CCCN(C)C)C[C@@H]1[C@H](C)CC(C)=C[C@@H]1C. The largest absolute Gasteiger partial charge is 0.343 e. The molecular formula is C17H32N2O. The average Bonchev–Trinajstić information content (AvgIpc) is 2.30. The van der Waals surface area contributed by atoms with Crippen LogP contribution < -0.4 is 0 Å². The molecule has 1 aliphatic rings. The van der Waals surface area contributed by atoms with Crippen LogP contribution >= 0.6 is 0 Å². The molecule has 1 amide bonds. The number of carbonyl (C=O) groups is 1. The molecule has 3 heteroatoms. The van der Waals surface area contributed by atoms with Gasteiger partial charge in [0.25, 0.3) is 0 Å². The fourth-order valence-corrected chi connectivity index (χ4v) is 3.37. The van der Waals surface area contributed by atoms with Gasteiger partial charge >= 0.3 is 0 Å². The van der Waals surface area contributed by atoms with Crippen molar-refractivity contribution in [2.45, 2.75) is 40.5 Å². The van der Waals surface area contributed by atoms with Crippen molar-refractivity contribution in [2.24, 2.45) is 17.8 Å². The zero-order chi connectivity index (χ0) is 15.3. The average molecular weight is 280 g/mol. The molecule has 0 N–H and O–H groups in total. The van der Waals surface area contributed by atoms with Gasteiger partial charge in [-0.25, -0.2) is 0 Å². The molecule has 0 aromatic heterocycles. The van der Waals surface area contributed by atoms with E-state index in [2.05, 4.69) is 50.7 Å². The molecule has 1 aliphatic carbocycles. The van der Waals surface area contributed by atoms with E-state index in [0.29, 0.717) is 17.8 Å². The fourth-order valence-electron chi connectivity index (χ4n) is 3.37. The van der Waals surface area contributed by atoms with Gasteiger partial charge in [0.15, 0.2) is 0 Å². The number of allylic oxidation sites excluding steroid dienone is 2. The lowest BCUT2D eigenvalue weighted by Gasteiger charge is -2.37. The summed E-state index contributed by atoms with van der Waals surface area (Å²) in [4.78, 5) is 16.1. The van der Waals surface area contributed by atoms with Gasteiger partial charge in [-0.3, -0.25) is 4.79 Å². The van der Waals surface area contributed by atoms with E-state index in [1.165, 1.54) is 12.0 Å². The van der Waals surface area contributed by atoms with Crippen LogP contribution in [0.25, 0.3) is 0 Å². The molecular weight excluding hydrogens is 248 g/mol. The van der Waals surface area contributed by atoms with Crippen LogP contribution in [0.1, 0.15) is 40.5 Å². The molecule has 0 radical (unpaired) electrons. The maximum Gasteiger partial charge on any atom is 0.219 e. The molecule has 116 valence electrons. The number of nitrogens with zero attached hydrogens (tertiary/aromatic N) is 2. The van der Waals surface area contributed by atoms with Crippen molar-refractivity contribution < 1.29 is 4.79 Å². The summed E-state index contributed by atoms with van der Waals surface area (Å²) in [5.41, 5.74) is 1.50. The first-order chi connectivity index (χ1) is 9.31. The summed E-state index contributed by atoms with van der Waals surface area (Å²) in [5.74, 6) is 2.07. The van der Waals surface area contributed by atoms with Gasteiger partial charge in [0.05, 0.1) is 0 Å². The number of rotatable bonds is 6. The van der Waals surface area contributed by atoms with Gasteiger partial charge in [0.2, 0.25) is 5.91 Å². The second kappa shape index (κ2) is 7.82. The molecule has 0 bridgehead atoms. The van der Waals surface area contributed by atoms with E-state index in [1.54, 1.807) is 6.92 Å². The summed E-state index contributed by atoms with van der Waals surface area (Å²) in [7, 11) is 4.16. The van der Waals surface area contributed by atoms with E-state index in [1.807, 2.05) is 0 Å². The fraction of sp³-hybridized carbons (Fsp3) is 0.824. The highest BCUT2D eigenvalue weighted by atomic mass is 16.2. The second-order valence-corrected chi connectivity index (χ2v) is 6.84. The molecule has 3 atom stereocenters. The van der Waals surface area contributed by atoms with E-state index >= 15 is 0 Å². The summed E-state index contributed by atoms with van der Waals surface area (Å²) in [5, 5.41) is 0. The Kier molecular flexibility index (Phi) is 6.74. The molecule has 0 saturated heterocycles. The minimum atomic E-state index is 0.217. The number of hydrogen-bond acceptors (Lipinski definition) is 2. The first kappa shape index (κ1) is 17.2. The topological polar surface area (TPSA) is 23.6 Å². The second-order valence-electron chi connectivity index (χ2n) is 6.84. The molecule has 0 heterocycles. The van der Waals surface area contributed by atoms with Crippen molar-refractivity contribution in [3.05, 3.63) is 11.6 Å². The summed E-state index contributed by atoms with van der Waals surface area (Å²) in [6.07, 6.45) is 4.62. The number of amides is 1. The molecule has 0 aromatic carbocycles. The normalized spacial score (nSPS) is 26.6. The Bertz CT molecular complexity index is 349. The highest BCUT2D eigenvalue weighted by molar-refractivity contribution is 5.73. The predicted molar refractivity (Wildman–Crippen MR) is 85.6 cm³/mol. The first-order valence-corrected chi connectivity index (χ1v) is 7.88. The third-order valence-electron chi connectivity index (χ3n) is 4.51. The molecule has 0 saturated carbocycles. The molecule has 1 rings (SSSR count). The van der Waals surface area contributed by atoms with E-state index in [9.17, 15) is 4.79 Å². The monoisotopic (exact) mass is 280 g/mol. The highest BCUT2D eigenvalue weighted by Gasteiger charge is 2.29. The van der Waals surface area contributed by atoms with E-state index < -0.39 is 0 Å². The van der Waals surface area contributed by atoms with Crippen LogP contribution in [0, 0.1) is 17.8 Å². The van der Waals surface area contributed by atoms with Gasteiger partial charge in [-0.15, -0.1) is 0 Å². The van der Waals surface area contributed by atoms with Crippen LogP contribution in [0.15, 0.2) is 11.6 Å². The van der Waals surface area contributed by atoms with E-state index in [-0.39, 0.29) is 5.91 Å². The Morgan fingerprint density at radius 1 is 1.30 bits per heavy atom. The molecule has 3 nitrogen and oxygen atoms in total. The maximum atomic E-state index is 11.9. The van der Waals surface area contributed by atoms with Crippen molar-refractivity contribution in [3.8, 4) is 0 Å². The van der Waals surface area contributed by atoms with Gasteiger partial charge in [-0.2, -0.15) is 0 Å². The van der Waals surface area contributed by atoms with Crippen LogP contribution in [0.4, 0.5) is 0 Å². The molecule has 0 fully saturated rings. The first-order valence-electron chi connectivity index (χ1n) is 7.88. The van der Waals surface area contributed by atoms with Crippen molar-refractivity contribution >= 4 is 5.91 Å². The zero-order valence-electron chi connectivity index (χ0n) is 14.1. The zero-order valence-corrected chi connectivity index (χ0v) is 14.1. The Balaban J connectivity index is 2.59. The van der Waals surface area contributed by atoms with Crippen molar-refractivity contribution in [1.29, 1.82) is 0 Å². The number of carbonyl (C=O) groups excluding carboxylic acids is 1. The summed E-state index contributed by atoms with van der Waals surface area (Å²) < 4.78 is 0. The third-order valence-corrected chi connectivity index (χ3v) is 4.51. The lowest BCUT2D eigenvalue weighted by Crippen LogP contribution is -2.40. The van der Waals surface area contributed by atoms with E-state index in [0.717, 1.165) is 26.1 Å². The standard InChI is InChI=1S/C17H32N2O/c1-13-10-14(2)17(15(3)11-13)12-19(16(4)20)9-7-8-18(5)6/h10,14-15,17H,7-9,11-12H2,1-6H3/t14-,15+,17-/m0/s1. The van der Waals surface area contributed by atoms with Crippen LogP contribution in [-0.4, -0.2) is 49.4 Å². The van der Waals surface area contributed by atoms with Crippen LogP contribution in [0.2, 0.25) is 0 Å². The van der Waals surface area contributed by atoms with Crippen molar-refractivity contribution in [1.82, 2.24) is 9.80 Å². The van der Waals surface area contributed by atoms with Gasteiger partial charge in [-0.1, -0.05) is 25.5 Å². The lowest BCUT2D eigenvalue weighted by atomic mass is 9.74. The molecule has 0 aliphatic heterocycles. The summed E-state index contributed by atoms with van der Waals surface area (Å²) in [6.45, 7) is 11.4. The predicted octanol–water partition coefficient (Wildman–Crippen LogP) is 3.03. The minimum Gasteiger partial charge on any atom is -0.343 e. The van der Waals surface area contributed by atoms with Gasteiger partial charge in [0.1, 0.15) is 0 Å². The molecule has 0 unspecified atom stereocenters.